The summed E-state index contributed by atoms with van der Waals surface area (Å²) >= 11 is 0. The molecule has 0 saturated carbocycles. The van der Waals surface area contributed by atoms with E-state index in [0.717, 1.165) is 0 Å². The maximum atomic E-state index is 0. The van der Waals surface area contributed by atoms with Crippen LogP contribution in [-0.2, 0) is 0 Å². The largest absolute Gasteiger partial charge is 1.00 e. The van der Waals surface area contributed by atoms with Crippen molar-refractivity contribution in [1.82, 2.24) is 0 Å². The van der Waals surface area contributed by atoms with Gasteiger partial charge in [0.15, 0.2) is 0 Å². The van der Waals surface area contributed by atoms with Crippen molar-refractivity contribution < 1.29 is 89.9 Å². The van der Waals surface area contributed by atoms with Gasteiger partial charge in [0.1, 0.15) is 0 Å². The Hall–Kier alpha value is 2.75. The van der Waals surface area contributed by atoms with Gasteiger partial charge < -0.3 is 48.0 Å². The number of halogens is 3. The normalized spacial score (nSPS) is 0. The summed E-state index contributed by atoms with van der Waals surface area (Å²) in [6, 6.07) is 0. The van der Waals surface area contributed by atoms with Gasteiger partial charge in [-0.05, 0) is 0 Å². The van der Waals surface area contributed by atoms with Gasteiger partial charge in [0, 0.05) is 0 Å². The topological polar surface area (TPSA) is 0 Å². The third-order valence-corrected chi connectivity index (χ3v) is 0. The van der Waals surface area contributed by atoms with E-state index in [1.165, 1.54) is 0 Å². The summed E-state index contributed by atoms with van der Waals surface area (Å²) in [6.45, 7) is 0. The van der Waals surface area contributed by atoms with E-state index in [4.69, 9.17) is 0 Å². The quantitative estimate of drug-likeness (QED) is 0.308. The zero-order valence-electron chi connectivity index (χ0n) is 2.20. The molecular weight excluding hydrogens is 312 g/mol. The first-order chi connectivity index (χ1) is 0. The van der Waals surface area contributed by atoms with E-state index in [2.05, 4.69) is 0 Å². The molecule has 0 amide bonds. The van der Waals surface area contributed by atoms with Crippen molar-refractivity contribution in [1.29, 1.82) is 0 Å². The Morgan fingerprint density at radius 1 is 0.750 bits per heavy atom. The summed E-state index contributed by atoms with van der Waals surface area (Å²) < 4.78 is 0. The van der Waals surface area contributed by atoms with Gasteiger partial charge in [-0.1, -0.05) is 0 Å². The van der Waals surface area contributed by atoms with E-state index in [0.29, 0.717) is 0 Å². The summed E-state index contributed by atoms with van der Waals surface area (Å²) in [4.78, 5) is 0. The van der Waals surface area contributed by atoms with Crippen LogP contribution in [0.1, 0.15) is 0 Å². The van der Waals surface area contributed by atoms with Gasteiger partial charge in [-0.15, -0.1) is 0 Å². The fourth-order valence-corrected chi connectivity index (χ4v) is 0. The van der Waals surface area contributed by atoms with Gasteiger partial charge in [-0.2, -0.15) is 0 Å². The molecule has 0 spiro atoms. The van der Waals surface area contributed by atoms with Crippen LogP contribution < -0.4 is 77.5 Å². The molecule has 0 atom stereocenters. The van der Waals surface area contributed by atoms with Crippen molar-refractivity contribution in [2.75, 3.05) is 0 Å². The van der Waals surface area contributed by atoms with Crippen LogP contribution in [0.3, 0.4) is 0 Å². The van der Waals surface area contributed by atoms with E-state index < -0.39 is 0 Å². The predicted molar refractivity (Wildman–Crippen MR) is 2.79 cm³/mol. The van der Waals surface area contributed by atoms with Crippen LogP contribution >= 0.6 is 0 Å². The summed E-state index contributed by atoms with van der Waals surface area (Å²) in [5, 5.41) is 0. The van der Waals surface area contributed by atoms with Crippen LogP contribution in [-0.4, -0.2) is 0 Å². The van der Waals surface area contributed by atoms with E-state index >= 15 is 0 Å². The standard InChI is InChI=1S/ClH2.2HI.Na/h1H2;2*1H;/q+1;;;+1/p-2. The third-order valence-electron chi connectivity index (χ3n) is 0. The molecule has 0 fully saturated rings. The molecular formula is H2ClI2Na. The first-order valence-corrected chi connectivity index (χ1v) is 0. The van der Waals surface area contributed by atoms with Gasteiger partial charge in [-0.3, -0.25) is 0 Å². The van der Waals surface area contributed by atoms with E-state index in [9.17, 15) is 0 Å². The van der Waals surface area contributed by atoms with Crippen molar-refractivity contribution in [2.24, 2.45) is 0 Å². The smallest absolute Gasteiger partial charge is 1.00 e. The average Bonchev–Trinajstić information content (AvgIpc) is 0. The average molecular weight is 314 g/mol. The fourth-order valence-electron chi connectivity index (χ4n) is 0. The SMILES string of the molecule is [ClH2+].[I-].[I-].[Na+]. The molecule has 24 valence electrons. The Balaban J connectivity index is 0. The predicted octanol–water partition coefficient (Wildman–Crippen LogP) is -9.52. The monoisotopic (exact) mass is 314 g/mol. The van der Waals surface area contributed by atoms with Crippen LogP contribution in [0.4, 0.5) is 0 Å². The van der Waals surface area contributed by atoms with Crippen LogP contribution in [0.15, 0.2) is 0 Å². The minimum absolute atomic E-state index is 0. The summed E-state index contributed by atoms with van der Waals surface area (Å²) in [5.74, 6) is 0. The number of hydrogen-bond acceptors (Lipinski definition) is 0. The second-order valence-electron chi connectivity index (χ2n) is 0. The second-order valence-corrected chi connectivity index (χ2v) is 0. The number of hydrogen-bond donors (Lipinski definition) is 0. The van der Waals surface area contributed by atoms with Crippen LogP contribution in [0.25, 0.3) is 0 Å². The van der Waals surface area contributed by atoms with Crippen molar-refractivity contribution in [2.45, 2.75) is 0 Å². The first-order valence-electron chi connectivity index (χ1n) is 0. The number of rotatable bonds is 0. The molecule has 4 heavy (non-hydrogen) atoms. The van der Waals surface area contributed by atoms with Gasteiger partial charge in [0.25, 0.3) is 0 Å². The first kappa shape index (κ1) is 29.5. The van der Waals surface area contributed by atoms with Crippen molar-refractivity contribution in [3.05, 3.63) is 0 Å². The van der Waals surface area contributed by atoms with Crippen LogP contribution in [0.2, 0.25) is 0 Å². The molecule has 4 heteroatoms. The summed E-state index contributed by atoms with van der Waals surface area (Å²) in [6.07, 6.45) is 0. The van der Waals surface area contributed by atoms with E-state index in [1.807, 2.05) is 0 Å². The zero-order valence-corrected chi connectivity index (χ0v) is 9.41. The maximum absolute atomic E-state index is 0. The molecule has 0 aliphatic heterocycles. The van der Waals surface area contributed by atoms with Crippen LogP contribution in [0.5, 0.6) is 0 Å². The van der Waals surface area contributed by atoms with Gasteiger partial charge in [0.05, 0.1) is 12.4 Å². The second kappa shape index (κ2) is 17.2. The molecule has 0 unspecified atom stereocenters. The van der Waals surface area contributed by atoms with Gasteiger partial charge >= 0.3 is 29.6 Å². The fraction of sp³-hybridized carbons (Fsp3) is 0. The molecule has 0 aromatic rings. The van der Waals surface area contributed by atoms with Gasteiger partial charge in [0.2, 0.25) is 0 Å². The molecule has 0 aromatic heterocycles. The zero-order chi connectivity index (χ0) is 0. The molecule has 0 bridgehead atoms. The minimum Gasteiger partial charge on any atom is -1.00 e. The molecule has 0 nitrogen and oxygen atoms in total. The minimum atomic E-state index is 0. The van der Waals surface area contributed by atoms with Crippen LogP contribution in [0, 0.1) is 12.4 Å². The Kier molecular flexibility index (Phi) is 127. The van der Waals surface area contributed by atoms with Gasteiger partial charge in [-0.25, -0.2) is 0 Å². The van der Waals surface area contributed by atoms with Crippen molar-refractivity contribution >= 4 is 0 Å². The molecule has 0 N–H and O–H groups in total. The summed E-state index contributed by atoms with van der Waals surface area (Å²) in [5.41, 5.74) is 0. The molecule has 0 aliphatic rings. The molecule has 0 saturated heterocycles. The Morgan fingerprint density at radius 3 is 0.750 bits per heavy atom. The molecule has 0 aliphatic carbocycles. The van der Waals surface area contributed by atoms with Crippen molar-refractivity contribution in [3.8, 4) is 0 Å². The van der Waals surface area contributed by atoms with E-state index in [-0.39, 0.29) is 89.9 Å². The maximum Gasteiger partial charge on any atom is 1.00 e. The third kappa shape index (κ3) is 8.83. The molecule has 0 radical (unpaired) electrons. The molecule has 0 aromatic carbocycles. The Labute approximate surface area is 88.2 Å². The van der Waals surface area contributed by atoms with E-state index in [1.54, 1.807) is 0 Å². The molecule has 0 heterocycles. The Bertz CT molecular complexity index is 6.00. The Morgan fingerprint density at radius 2 is 0.750 bits per heavy atom. The molecule has 0 rings (SSSR count). The van der Waals surface area contributed by atoms with Crippen molar-refractivity contribution in [3.63, 3.8) is 0 Å². The summed E-state index contributed by atoms with van der Waals surface area (Å²) in [7, 11) is 0.